The molecule has 2 aromatic rings. The van der Waals surface area contributed by atoms with Gasteiger partial charge in [-0.05, 0) is 36.0 Å². The van der Waals surface area contributed by atoms with Gasteiger partial charge in [0.2, 0.25) is 0 Å². The lowest BCUT2D eigenvalue weighted by atomic mass is 9.86. The summed E-state index contributed by atoms with van der Waals surface area (Å²) in [5, 5.41) is -0.437. The Labute approximate surface area is 144 Å². The van der Waals surface area contributed by atoms with Crippen molar-refractivity contribution in [1.29, 1.82) is 0 Å². The number of allylic oxidation sites excluding steroid dienone is 2. The topological polar surface area (TPSA) is 7.94 Å². The minimum absolute atomic E-state index is 0.159. The van der Waals surface area contributed by atoms with E-state index in [0.29, 0.717) is 5.57 Å². The average Bonchev–Trinajstić information content (AvgIpc) is 3.17. The van der Waals surface area contributed by atoms with Crippen LogP contribution >= 0.6 is 11.6 Å². The molecule has 25 heavy (non-hydrogen) atoms. The molecular formula is C16H9BClF5N2. The summed E-state index contributed by atoms with van der Waals surface area (Å²) in [6, 6.07) is 6.33. The number of hydrogen-bond acceptors (Lipinski definition) is 0. The minimum Gasteiger partial charge on any atom is -0.396 e. The van der Waals surface area contributed by atoms with Crippen molar-refractivity contribution in [2.24, 2.45) is 0 Å². The molecule has 0 aliphatic carbocycles. The molecular weight excluding hydrogens is 361 g/mol. The van der Waals surface area contributed by atoms with Gasteiger partial charge < -0.3 is 17.6 Å². The number of fused-ring (bicyclic) bond motifs is 2. The highest BCUT2D eigenvalue weighted by Crippen LogP contribution is 2.41. The van der Waals surface area contributed by atoms with Crippen LogP contribution in [0.15, 0.2) is 54.4 Å². The third-order valence-corrected chi connectivity index (χ3v) is 4.63. The molecule has 0 saturated heterocycles. The number of halogens is 6. The van der Waals surface area contributed by atoms with E-state index in [2.05, 4.69) is 0 Å². The van der Waals surface area contributed by atoms with Gasteiger partial charge in [-0.25, -0.2) is 0 Å². The third-order valence-electron chi connectivity index (χ3n) is 4.30. The van der Waals surface area contributed by atoms with Gasteiger partial charge in [0.25, 0.3) is 0 Å². The van der Waals surface area contributed by atoms with Gasteiger partial charge in [-0.3, -0.25) is 0 Å². The van der Waals surface area contributed by atoms with E-state index < -0.39 is 23.7 Å². The van der Waals surface area contributed by atoms with Crippen LogP contribution in [0.5, 0.6) is 0 Å². The first-order valence-corrected chi connectivity index (χ1v) is 7.70. The lowest BCUT2D eigenvalue weighted by molar-refractivity contribution is -0.356. The summed E-state index contributed by atoms with van der Waals surface area (Å²) < 4.78 is 70.4. The van der Waals surface area contributed by atoms with Crippen LogP contribution in [0.2, 0.25) is 5.02 Å². The van der Waals surface area contributed by atoms with E-state index in [0.717, 1.165) is 21.1 Å². The second-order valence-electron chi connectivity index (χ2n) is 5.76. The molecule has 0 N–H and O–H groups in total. The number of benzene rings is 1. The van der Waals surface area contributed by atoms with Gasteiger partial charge in [0.1, 0.15) is 6.21 Å². The van der Waals surface area contributed by atoms with Gasteiger partial charge in [-0.15, -0.1) is 0 Å². The van der Waals surface area contributed by atoms with E-state index in [1.165, 1.54) is 42.8 Å². The molecule has 3 heterocycles. The molecule has 2 aliphatic rings. The van der Waals surface area contributed by atoms with Crippen molar-refractivity contribution in [1.82, 2.24) is 4.48 Å². The fraction of sp³-hybridized carbons (Fsp3) is 0.0625. The van der Waals surface area contributed by atoms with Crippen molar-refractivity contribution in [2.75, 3.05) is 0 Å². The molecule has 128 valence electrons. The molecule has 1 aromatic heterocycles. The molecule has 0 amide bonds. The molecule has 4 rings (SSSR count). The van der Waals surface area contributed by atoms with Gasteiger partial charge in [-0.2, -0.15) is 13.2 Å². The van der Waals surface area contributed by atoms with E-state index in [9.17, 15) is 21.8 Å². The Morgan fingerprint density at radius 1 is 1.12 bits per heavy atom. The molecule has 9 heteroatoms. The summed E-state index contributed by atoms with van der Waals surface area (Å²) in [5.74, 6) is 0. The minimum atomic E-state index is -4.64. The highest BCUT2D eigenvalue weighted by Gasteiger charge is 2.51. The smallest absolute Gasteiger partial charge is 0.396 e. The standard InChI is InChI=1S/C16H9BClF5N2/c18-12-6-5-10(9-11(12)16(19,20)21)15-13-3-1-7-24(13)17(22,23)25-8-2-4-14(15)25/h1-9H. The predicted octanol–water partition coefficient (Wildman–Crippen LogP) is 4.81. The molecule has 1 aromatic carbocycles. The number of hydrogen-bond donors (Lipinski definition) is 0. The molecule has 0 fully saturated rings. The molecule has 0 saturated carbocycles. The highest BCUT2D eigenvalue weighted by atomic mass is 35.5. The lowest BCUT2D eigenvalue weighted by Crippen LogP contribution is -2.49. The number of alkyl halides is 3. The van der Waals surface area contributed by atoms with Crippen molar-refractivity contribution in [2.45, 2.75) is 6.18 Å². The molecule has 0 unspecified atom stereocenters. The maximum atomic E-state index is 14.7. The fourth-order valence-corrected chi connectivity index (χ4v) is 3.44. The van der Waals surface area contributed by atoms with Crippen LogP contribution in [0.25, 0.3) is 5.57 Å². The quantitative estimate of drug-likeness (QED) is 0.503. The van der Waals surface area contributed by atoms with Crippen molar-refractivity contribution in [3.63, 3.8) is 0 Å². The predicted molar refractivity (Wildman–Crippen MR) is 85.7 cm³/mol. The highest BCUT2D eigenvalue weighted by molar-refractivity contribution is 6.57. The van der Waals surface area contributed by atoms with Crippen LogP contribution in [0.4, 0.5) is 21.8 Å². The molecule has 0 radical (unpaired) electrons. The molecule has 2 aliphatic heterocycles. The summed E-state index contributed by atoms with van der Waals surface area (Å²) >= 11 is 5.67. The molecule has 0 bridgehead atoms. The zero-order valence-corrected chi connectivity index (χ0v) is 13.2. The maximum Gasteiger partial charge on any atom is 0.737 e. The number of rotatable bonds is 1. The van der Waals surface area contributed by atoms with Crippen LogP contribution in [0.1, 0.15) is 16.8 Å². The summed E-state index contributed by atoms with van der Waals surface area (Å²) in [6.07, 6.45) is 0.708. The van der Waals surface area contributed by atoms with Crippen molar-refractivity contribution < 1.29 is 26.3 Å². The van der Waals surface area contributed by atoms with Gasteiger partial charge in [0.05, 0.1) is 16.2 Å². The van der Waals surface area contributed by atoms with Gasteiger partial charge in [-0.1, -0.05) is 17.7 Å². The second-order valence-corrected chi connectivity index (χ2v) is 6.16. The zero-order valence-electron chi connectivity index (χ0n) is 12.4. The second kappa shape index (κ2) is 5.08. The average molecular weight is 371 g/mol. The number of aromatic nitrogens is 1. The third kappa shape index (κ3) is 2.27. The van der Waals surface area contributed by atoms with E-state index in [-0.39, 0.29) is 17.0 Å². The van der Waals surface area contributed by atoms with Crippen molar-refractivity contribution in [3.05, 3.63) is 76.2 Å². The summed E-state index contributed by atoms with van der Waals surface area (Å²) in [4.78, 5) is 0. The fourth-order valence-electron chi connectivity index (χ4n) is 3.21. The molecule has 0 spiro atoms. The van der Waals surface area contributed by atoms with Crippen LogP contribution in [0.3, 0.4) is 0 Å². The normalized spacial score (nSPS) is 18.2. The van der Waals surface area contributed by atoms with E-state index in [1.54, 1.807) is 0 Å². The Kier molecular flexibility index (Phi) is 3.28. The molecule has 0 atom stereocenters. The van der Waals surface area contributed by atoms with E-state index >= 15 is 0 Å². The van der Waals surface area contributed by atoms with Gasteiger partial charge in [0, 0.05) is 17.8 Å². The summed E-state index contributed by atoms with van der Waals surface area (Å²) in [5.41, 5.74) is -0.218. The summed E-state index contributed by atoms with van der Waals surface area (Å²) in [6.45, 7) is -4.09. The van der Waals surface area contributed by atoms with E-state index in [1.807, 2.05) is 0 Å². The van der Waals surface area contributed by atoms with Gasteiger partial charge >= 0.3 is 13.1 Å². The van der Waals surface area contributed by atoms with Crippen LogP contribution < -0.4 is 0 Å². The Balaban J connectivity index is 2.01. The van der Waals surface area contributed by atoms with Crippen LogP contribution in [0, 0.1) is 0 Å². The zero-order chi connectivity index (χ0) is 18.0. The largest absolute Gasteiger partial charge is 0.737 e. The Hall–Kier alpha value is -2.35. The first-order valence-electron chi connectivity index (χ1n) is 7.32. The van der Waals surface area contributed by atoms with E-state index in [4.69, 9.17) is 11.6 Å². The van der Waals surface area contributed by atoms with Crippen molar-refractivity contribution >= 4 is 30.4 Å². The SMILES string of the molecule is F[B-]1(F)n2cccc2C(c2ccc(Cl)c(C(F)(F)F)c2)=C2C=CC=[N+]21. The maximum absolute atomic E-state index is 14.7. The Morgan fingerprint density at radius 2 is 1.88 bits per heavy atom. The van der Waals surface area contributed by atoms with Crippen LogP contribution in [-0.2, 0) is 6.18 Å². The monoisotopic (exact) mass is 370 g/mol. The van der Waals surface area contributed by atoms with Crippen LogP contribution in [-0.4, -0.2) is 22.1 Å². The lowest BCUT2D eigenvalue weighted by Gasteiger charge is -2.31. The first kappa shape index (κ1) is 16.1. The van der Waals surface area contributed by atoms with Crippen molar-refractivity contribution in [3.8, 4) is 0 Å². The van der Waals surface area contributed by atoms with Gasteiger partial charge in [0.15, 0.2) is 5.70 Å². The molecule has 2 nitrogen and oxygen atoms in total. The Morgan fingerprint density at radius 3 is 2.60 bits per heavy atom. The Bertz CT molecular complexity index is 985. The number of nitrogens with zero attached hydrogens (tertiary/aromatic N) is 2. The summed E-state index contributed by atoms with van der Waals surface area (Å²) in [7, 11) is 0. The first-order chi connectivity index (χ1) is 11.7.